The van der Waals surface area contributed by atoms with Crippen LogP contribution in [0.3, 0.4) is 0 Å². The zero-order valence-corrected chi connectivity index (χ0v) is 13.3. The molecule has 0 saturated heterocycles. The molecule has 2 aromatic rings. The summed E-state index contributed by atoms with van der Waals surface area (Å²) in [6.07, 6.45) is 1.12. The van der Waals surface area contributed by atoms with Crippen molar-refractivity contribution in [2.24, 2.45) is 5.92 Å². The van der Waals surface area contributed by atoms with Crippen molar-refractivity contribution in [3.63, 3.8) is 0 Å². The monoisotopic (exact) mass is 356 g/mol. The Bertz CT molecular complexity index is 605. The van der Waals surface area contributed by atoms with Gasteiger partial charge in [-0.25, -0.2) is 9.97 Å². The third kappa shape index (κ3) is 2.64. The highest BCUT2D eigenvalue weighted by Crippen LogP contribution is 2.46. The van der Waals surface area contributed by atoms with Crippen molar-refractivity contribution >= 4 is 39.1 Å². The standard InChI is InChI=1S/C14H11BrCl2N2/c1-7-6-10(7)14-18-12(16)11(13(17)19-14)8-2-4-9(15)5-3-8/h2-5,7,10H,6H2,1H3. The number of rotatable bonds is 2. The molecule has 98 valence electrons. The van der Waals surface area contributed by atoms with E-state index in [1.54, 1.807) is 0 Å². The van der Waals surface area contributed by atoms with Crippen LogP contribution >= 0.6 is 39.1 Å². The van der Waals surface area contributed by atoms with Crippen molar-refractivity contribution in [2.75, 3.05) is 0 Å². The van der Waals surface area contributed by atoms with Crippen molar-refractivity contribution in [1.82, 2.24) is 9.97 Å². The van der Waals surface area contributed by atoms with Crippen molar-refractivity contribution in [3.8, 4) is 11.1 Å². The van der Waals surface area contributed by atoms with E-state index in [1.807, 2.05) is 24.3 Å². The number of hydrogen-bond acceptors (Lipinski definition) is 2. The molecule has 3 rings (SSSR count). The third-order valence-electron chi connectivity index (χ3n) is 3.41. The molecule has 2 unspecified atom stereocenters. The van der Waals surface area contributed by atoms with Gasteiger partial charge in [-0.2, -0.15) is 0 Å². The highest BCUT2D eigenvalue weighted by atomic mass is 79.9. The van der Waals surface area contributed by atoms with Crippen molar-refractivity contribution in [2.45, 2.75) is 19.3 Å². The fourth-order valence-electron chi connectivity index (χ4n) is 2.13. The number of nitrogens with zero attached hydrogens (tertiary/aromatic N) is 2. The van der Waals surface area contributed by atoms with E-state index < -0.39 is 0 Å². The average Bonchev–Trinajstić information content (AvgIpc) is 3.08. The second kappa shape index (κ2) is 5.04. The molecule has 1 heterocycles. The second-order valence-corrected chi connectivity index (χ2v) is 6.50. The van der Waals surface area contributed by atoms with Gasteiger partial charge in [0.15, 0.2) is 0 Å². The van der Waals surface area contributed by atoms with Crippen LogP contribution < -0.4 is 0 Å². The average molecular weight is 358 g/mol. The minimum absolute atomic E-state index is 0.411. The summed E-state index contributed by atoms with van der Waals surface area (Å²) in [6.45, 7) is 2.18. The van der Waals surface area contributed by atoms with Gasteiger partial charge in [-0.3, -0.25) is 0 Å². The lowest BCUT2D eigenvalue weighted by molar-refractivity contribution is 0.843. The van der Waals surface area contributed by atoms with Crippen LogP contribution in [0.1, 0.15) is 25.1 Å². The first-order chi connectivity index (χ1) is 9.06. The van der Waals surface area contributed by atoms with Crippen LogP contribution in [0.5, 0.6) is 0 Å². The molecule has 19 heavy (non-hydrogen) atoms. The Morgan fingerprint density at radius 2 is 1.63 bits per heavy atom. The van der Waals surface area contributed by atoms with Gasteiger partial charge in [0.2, 0.25) is 0 Å². The highest BCUT2D eigenvalue weighted by Gasteiger charge is 2.37. The summed E-state index contributed by atoms with van der Waals surface area (Å²) in [6, 6.07) is 7.78. The van der Waals surface area contributed by atoms with Crippen LogP contribution in [0.25, 0.3) is 11.1 Å². The van der Waals surface area contributed by atoms with Crippen LogP contribution in [0.2, 0.25) is 10.3 Å². The molecule has 0 amide bonds. The van der Waals surface area contributed by atoms with Gasteiger partial charge in [-0.15, -0.1) is 0 Å². The lowest BCUT2D eigenvalue weighted by Gasteiger charge is -2.08. The van der Waals surface area contributed by atoms with Gasteiger partial charge in [0.25, 0.3) is 0 Å². The lowest BCUT2D eigenvalue weighted by Crippen LogP contribution is -1.97. The second-order valence-electron chi connectivity index (χ2n) is 4.86. The van der Waals surface area contributed by atoms with Crippen LogP contribution in [0, 0.1) is 5.92 Å². The quantitative estimate of drug-likeness (QED) is 0.678. The number of halogens is 3. The topological polar surface area (TPSA) is 25.8 Å². The summed E-state index contributed by atoms with van der Waals surface area (Å²) < 4.78 is 1.01. The molecule has 1 fully saturated rings. The summed E-state index contributed by atoms with van der Waals surface area (Å²) in [5, 5.41) is 0.854. The Morgan fingerprint density at radius 3 is 2.11 bits per heavy atom. The molecule has 1 saturated carbocycles. The van der Waals surface area contributed by atoms with E-state index in [9.17, 15) is 0 Å². The van der Waals surface area contributed by atoms with Crippen LogP contribution in [-0.2, 0) is 0 Å². The smallest absolute Gasteiger partial charge is 0.142 e. The molecule has 0 N–H and O–H groups in total. The molecular weight excluding hydrogens is 347 g/mol. The maximum Gasteiger partial charge on any atom is 0.142 e. The Hall–Kier alpha value is -0.640. The summed E-state index contributed by atoms with van der Waals surface area (Å²) in [5.74, 6) is 1.81. The lowest BCUT2D eigenvalue weighted by atomic mass is 10.1. The molecule has 0 aliphatic heterocycles. The number of benzene rings is 1. The van der Waals surface area contributed by atoms with Gasteiger partial charge >= 0.3 is 0 Å². The van der Waals surface area contributed by atoms with Crippen LogP contribution in [0.4, 0.5) is 0 Å². The van der Waals surface area contributed by atoms with Gasteiger partial charge in [0, 0.05) is 10.4 Å². The Kier molecular flexibility index (Phi) is 3.54. The van der Waals surface area contributed by atoms with E-state index in [4.69, 9.17) is 23.2 Å². The SMILES string of the molecule is CC1CC1c1nc(Cl)c(-c2ccc(Br)cc2)c(Cl)n1. The molecule has 0 bridgehead atoms. The summed E-state index contributed by atoms with van der Waals surface area (Å²) in [5.41, 5.74) is 1.63. The molecule has 1 aromatic heterocycles. The molecule has 5 heteroatoms. The molecule has 1 aromatic carbocycles. The van der Waals surface area contributed by atoms with Crippen molar-refractivity contribution < 1.29 is 0 Å². The van der Waals surface area contributed by atoms with Crippen LogP contribution in [-0.4, -0.2) is 9.97 Å². The van der Waals surface area contributed by atoms with E-state index in [-0.39, 0.29) is 0 Å². The first kappa shape index (κ1) is 13.3. The van der Waals surface area contributed by atoms with E-state index in [2.05, 4.69) is 32.8 Å². The molecule has 2 nitrogen and oxygen atoms in total. The largest absolute Gasteiger partial charge is 0.220 e. The first-order valence-corrected chi connectivity index (χ1v) is 7.60. The van der Waals surface area contributed by atoms with Gasteiger partial charge in [-0.1, -0.05) is 58.2 Å². The maximum atomic E-state index is 6.28. The summed E-state index contributed by atoms with van der Waals surface area (Å²) >= 11 is 16.0. The highest BCUT2D eigenvalue weighted by molar-refractivity contribution is 9.10. The molecule has 1 aliphatic rings. The minimum atomic E-state index is 0.411. The minimum Gasteiger partial charge on any atom is -0.220 e. The summed E-state index contributed by atoms with van der Waals surface area (Å²) in [7, 11) is 0. The molecule has 2 atom stereocenters. The fourth-order valence-corrected chi connectivity index (χ4v) is 3.01. The van der Waals surface area contributed by atoms with E-state index in [0.717, 1.165) is 22.3 Å². The van der Waals surface area contributed by atoms with Gasteiger partial charge < -0.3 is 0 Å². The van der Waals surface area contributed by atoms with Gasteiger partial charge in [0.1, 0.15) is 16.1 Å². The predicted octanol–water partition coefficient (Wildman–Crippen LogP) is 5.34. The molecule has 0 radical (unpaired) electrons. The van der Waals surface area contributed by atoms with Crippen molar-refractivity contribution in [3.05, 3.63) is 44.9 Å². The number of aromatic nitrogens is 2. The Balaban J connectivity index is 2.04. The zero-order valence-electron chi connectivity index (χ0n) is 10.2. The molecular formula is C14H11BrCl2N2. The Morgan fingerprint density at radius 1 is 1.11 bits per heavy atom. The van der Waals surface area contributed by atoms with E-state index in [0.29, 0.717) is 27.7 Å². The Labute approximate surface area is 130 Å². The van der Waals surface area contributed by atoms with Crippen LogP contribution in [0.15, 0.2) is 28.7 Å². The fraction of sp³-hybridized carbons (Fsp3) is 0.286. The third-order valence-corrected chi connectivity index (χ3v) is 4.49. The normalized spacial score (nSPS) is 21.5. The predicted molar refractivity (Wildman–Crippen MR) is 81.7 cm³/mol. The van der Waals surface area contributed by atoms with E-state index >= 15 is 0 Å². The van der Waals surface area contributed by atoms with Crippen molar-refractivity contribution in [1.29, 1.82) is 0 Å². The van der Waals surface area contributed by atoms with E-state index in [1.165, 1.54) is 0 Å². The zero-order chi connectivity index (χ0) is 13.6. The molecule has 1 aliphatic carbocycles. The first-order valence-electron chi connectivity index (χ1n) is 6.05. The number of hydrogen-bond donors (Lipinski definition) is 0. The maximum absolute atomic E-state index is 6.28. The molecule has 0 spiro atoms. The van der Waals surface area contributed by atoms with Gasteiger partial charge in [0.05, 0.1) is 5.56 Å². The summed E-state index contributed by atoms with van der Waals surface area (Å²) in [4.78, 5) is 8.81. The van der Waals surface area contributed by atoms with Gasteiger partial charge in [-0.05, 0) is 30.0 Å².